The molecule has 1 aromatic heterocycles. The van der Waals surface area contributed by atoms with Crippen molar-refractivity contribution in [3.8, 4) is 0 Å². The van der Waals surface area contributed by atoms with Gasteiger partial charge in [-0.3, -0.25) is 4.79 Å². The molecule has 1 amide bonds. The van der Waals surface area contributed by atoms with Crippen molar-refractivity contribution < 1.29 is 4.79 Å². The van der Waals surface area contributed by atoms with Crippen LogP contribution in [0.1, 0.15) is 34.9 Å². The highest BCUT2D eigenvalue weighted by molar-refractivity contribution is 9.10. The first-order chi connectivity index (χ1) is 10.1. The molecule has 1 unspecified atom stereocenters. The molecule has 4 nitrogen and oxygen atoms in total. The van der Waals surface area contributed by atoms with E-state index in [0.29, 0.717) is 11.4 Å². The number of halogens is 2. The highest BCUT2D eigenvalue weighted by atomic mass is 79.9. The van der Waals surface area contributed by atoms with Crippen LogP contribution in [-0.2, 0) is 0 Å². The minimum atomic E-state index is -0.0301. The molecule has 0 aliphatic carbocycles. The number of carbonyl (C=O) groups excluding carboxylic acids is 1. The Labute approximate surface area is 144 Å². The van der Waals surface area contributed by atoms with Crippen LogP contribution in [0.3, 0.4) is 0 Å². The molecule has 116 valence electrons. The van der Waals surface area contributed by atoms with E-state index in [1.165, 1.54) is 6.20 Å². The van der Waals surface area contributed by atoms with Crippen molar-refractivity contribution in [2.45, 2.75) is 18.9 Å². The zero-order chi connectivity index (χ0) is 14.8. The number of amides is 1. The third kappa shape index (κ3) is 3.42. The summed E-state index contributed by atoms with van der Waals surface area (Å²) >= 11 is 3.49. The van der Waals surface area contributed by atoms with Gasteiger partial charge in [0.2, 0.25) is 0 Å². The van der Waals surface area contributed by atoms with Gasteiger partial charge in [0.1, 0.15) is 5.69 Å². The lowest BCUT2D eigenvalue weighted by molar-refractivity contribution is 0.0729. The van der Waals surface area contributed by atoms with E-state index < -0.39 is 0 Å². The van der Waals surface area contributed by atoms with Gasteiger partial charge < -0.3 is 10.6 Å². The maximum Gasteiger partial charge on any atom is 0.272 e. The van der Waals surface area contributed by atoms with Gasteiger partial charge in [-0.2, -0.15) is 0 Å². The first kappa shape index (κ1) is 16.8. The van der Waals surface area contributed by atoms with E-state index in [-0.39, 0.29) is 24.4 Å². The summed E-state index contributed by atoms with van der Waals surface area (Å²) in [6.07, 6.45) is 3.52. The number of carbonyl (C=O) groups is 1. The fourth-order valence-electron chi connectivity index (χ4n) is 2.75. The molecule has 1 saturated heterocycles. The highest BCUT2D eigenvalue weighted by Gasteiger charge is 2.31. The topological polar surface area (TPSA) is 59.2 Å². The van der Waals surface area contributed by atoms with Crippen molar-refractivity contribution in [2.24, 2.45) is 0 Å². The molecule has 1 fully saturated rings. The summed E-state index contributed by atoms with van der Waals surface area (Å²) in [6, 6.07) is 11.7. The second kappa shape index (κ2) is 7.11. The van der Waals surface area contributed by atoms with E-state index in [9.17, 15) is 4.79 Å². The monoisotopic (exact) mass is 381 g/mol. The fourth-order valence-corrected chi connectivity index (χ4v) is 3.17. The minimum Gasteiger partial charge on any atom is -0.397 e. The number of hydrogen-bond donors (Lipinski definition) is 1. The lowest BCUT2D eigenvalue weighted by atomic mass is 10.0. The number of nitrogen functional groups attached to an aromatic ring is 1. The maximum absolute atomic E-state index is 12.6. The number of aromatic nitrogens is 1. The van der Waals surface area contributed by atoms with E-state index in [0.717, 1.165) is 29.4 Å². The number of hydrogen-bond acceptors (Lipinski definition) is 3. The largest absolute Gasteiger partial charge is 0.397 e. The Kier molecular flexibility index (Phi) is 5.42. The molecule has 0 saturated carbocycles. The number of likely N-dealkylation sites (tertiary alicyclic amines) is 1. The van der Waals surface area contributed by atoms with E-state index in [4.69, 9.17) is 5.73 Å². The summed E-state index contributed by atoms with van der Waals surface area (Å²) < 4.78 is 1.03. The Bertz CT molecular complexity index is 663. The Balaban J connectivity index is 0.00000176. The molecule has 22 heavy (non-hydrogen) atoms. The summed E-state index contributed by atoms with van der Waals surface area (Å²) in [5.74, 6) is -0.0301. The molecule has 2 aromatic rings. The zero-order valence-corrected chi connectivity index (χ0v) is 14.3. The lowest BCUT2D eigenvalue weighted by Gasteiger charge is -2.25. The van der Waals surface area contributed by atoms with Gasteiger partial charge in [-0.05, 0) is 42.7 Å². The number of pyridine rings is 1. The van der Waals surface area contributed by atoms with Crippen molar-refractivity contribution in [2.75, 3.05) is 12.3 Å². The van der Waals surface area contributed by atoms with Gasteiger partial charge in [-0.1, -0.05) is 28.1 Å². The highest BCUT2D eigenvalue weighted by Crippen LogP contribution is 2.33. The molecule has 1 atom stereocenters. The minimum absolute atomic E-state index is 0. The summed E-state index contributed by atoms with van der Waals surface area (Å²) in [5, 5.41) is 0. The van der Waals surface area contributed by atoms with Crippen LogP contribution in [-0.4, -0.2) is 22.3 Å². The number of rotatable bonds is 2. The van der Waals surface area contributed by atoms with Crippen LogP contribution in [0, 0.1) is 0 Å². The van der Waals surface area contributed by atoms with Gasteiger partial charge in [0.05, 0.1) is 17.9 Å². The fraction of sp³-hybridized carbons (Fsp3) is 0.250. The van der Waals surface area contributed by atoms with Crippen molar-refractivity contribution in [1.29, 1.82) is 0 Å². The Morgan fingerprint density at radius 3 is 2.82 bits per heavy atom. The predicted molar refractivity (Wildman–Crippen MR) is 93.1 cm³/mol. The SMILES string of the molecule is Cl.Nc1ccc(C(=O)N2CCCC2c2cccc(Br)c2)nc1. The molecule has 0 bridgehead atoms. The van der Waals surface area contributed by atoms with Gasteiger partial charge in [0, 0.05) is 11.0 Å². The van der Waals surface area contributed by atoms with E-state index in [1.807, 2.05) is 17.0 Å². The van der Waals surface area contributed by atoms with Crippen molar-refractivity contribution >= 4 is 39.9 Å². The lowest BCUT2D eigenvalue weighted by Crippen LogP contribution is -2.31. The second-order valence-electron chi connectivity index (χ2n) is 5.19. The predicted octanol–water partition coefficient (Wildman–Crippen LogP) is 3.83. The molecule has 3 rings (SSSR count). The third-order valence-electron chi connectivity index (χ3n) is 3.75. The van der Waals surface area contributed by atoms with Crippen LogP contribution in [0.25, 0.3) is 0 Å². The third-order valence-corrected chi connectivity index (χ3v) is 4.25. The number of nitrogens with two attached hydrogens (primary N) is 1. The van der Waals surface area contributed by atoms with Crippen molar-refractivity contribution in [1.82, 2.24) is 9.88 Å². The molecule has 1 aliphatic heterocycles. The molecular formula is C16H17BrClN3O. The first-order valence-corrected chi connectivity index (χ1v) is 7.72. The van der Waals surface area contributed by atoms with Crippen LogP contribution in [0.15, 0.2) is 47.1 Å². The normalized spacial score (nSPS) is 17.1. The zero-order valence-electron chi connectivity index (χ0n) is 11.9. The molecule has 1 aliphatic rings. The van der Waals surface area contributed by atoms with Crippen molar-refractivity contribution in [3.63, 3.8) is 0 Å². The molecule has 0 radical (unpaired) electrons. The standard InChI is InChI=1S/C16H16BrN3O.ClH/c17-12-4-1-3-11(9-12)15-5-2-8-20(15)16(21)14-7-6-13(18)10-19-14;/h1,3-4,6-7,9-10,15H,2,5,8,18H2;1H. The van der Waals surface area contributed by atoms with E-state index in [1.54, 1.807) is 12.1 Å². The van der Waals surface area contributed by atoms with Crippen LogP contribution in [0.5, 0.6) is 0 Å². The van der Waals surface area contributed by atoms with Gasteiger partial charge in [0.25, 0.3) is 5.91 Å². The van der Waals surface area contributed by atoms with Gasteiger partial charge in [0.15, 0.2) is 0 Å². The maximum atomic E-state index is 12.6. The molecule has 0 spiro atoms. The van der Waals surface area contributed by atoms with Gasteiger partial charge in [-0.25, -0.2) is 4.98 Å². The summed E-state index contributed by atoms with van der Waals surface area (Å²) in [4.78, 5) is 18.7. The average molecular weight is 383 g/mol. The second-order valence-corrected chi connectivity index (χ2v) is 6.10. The Hall–Kier alpha value is -1.59. The number of benzene rings is 1. The van der Waals surface area contributed by atoms with Gasteiger partial charge in [-0.15, -0.1) is 12.4 Å². The molecule has 2 N–H and O–H groups in total. The number of nitrogens with zero attached hydrogens (tertiary/aromatic N) is 2. The summed E-state index contributed by atoms with van der Waals surface area (Å²) in [6.45, 7) is 0.766. The molecule has 6 heteroatoms. The molecule has 1 aromatic carbocycles. The number of anilines is 1. The van der Waals surface area contributed by atoms with Crippen LogP contribution in [0.4, 0.5) is 5.69 Å². The molecular weight excluding hydrogens is 366 g/mol. The summed E-state index contributed by atoms with van der Waals surface area (Å²) in [5.41, 5.74) is 7.80. The van der Waals surface area contributed by atoms with Crippen LogP contribution < -0.4 is 5.73 Å². The van der Waals surface area contributed by atoms with Crippen LogP contribution >= 0.6 is 28.3 Å². The first-order valence-electron chi connectivity index (χ1n) is 6.93. The van der Waals surface area contributed by atoms with Crippen LogP contribution in [0.2, 0.25) is 0 Å². The van der Waals surface area contributed by atoms with Crippen molar-refractivity contribution in [3.05, 3.63) is 58.3 Å². The quantitative estimate of drug-likeness (QED) is 0.859. The summed E-state index contributed by atoms with van der Waals surface area (Å²) in [7, 11) is 0. The molecule has 2 heterocycles. The van der Waals surface area contributed by atoms with E-state index in [2.05, 4.69) is 33.0 Å². The smallest absolute Gasteiger partial charge is 0.272 e. The van der Waals surface area contributed by atoms with E-state index >= 15 is 0 Å². The average Bonchev–Trinajstić information content (AvgIpc) is 2.97. The Morgan fingerprint density at radius 2 is 2.14 bits per heavy atom. The van der Waals surface area contributed by atoms with Gasteiger partial charge >= 0.3 is 0 Å². The Morgan fingerprint density at radius 1 is 1.32 bits per heavy atom.